The van der Waals surface area contributed by atoms with Crippen molar-refractivity contribution < 1.29 is 4.79 Å². The van der Waals surface area contributed by atoms with Gasteiger partial charge in [0.05, 0.1) is 4.88 Å². The molecule has 20 heavy (non-hydrogen) atoms. The van der Waals surface area contributed by atoms with Crippen molar-refractivity contribution in [3.8, 4) is 0 Å². The summed E-state index contributed by atoms with van der Waals surface area (Å²) in [6.45, 7) is 3.53. The zero-order chi connectivity index (χ0) is 14.1. The standard InChI is InChI=1S/C16H18N2OS/c1-2-12-6-7-15(20-12)16(19)18-9-8-13-11(10-18)4-3-5-14(13)17/h3-7H,2,8-10,17H2,1H3. The van der Waals surface area contributed by atoms with Gasteiger partial charge in [-0.05, 0) is 42.2 Å². The number of thiophene rings is 1. The normalized spacial score (nSPS) is 14.2. The van der Waals surface area contributed by atoms with E-state index < -0.39 is 0 Å². The molecule has 0 bridgehead atoms. The van der Waals surface area contributed by atoms with Crippen molar-refractivity contribution in [2.45, 2.75) is 26.3 Å². The third kappa shape index (κ3) is 2.31. The van der Waals surface area contributed by atoms with Crippen LogP contribution in [0.4, 0.5) is 5.69 Å². The van der Waals surface area contributed by atoms with E-state index in [1.54, 1.807) is 11.3 Å². The third-order valence-electron chi connectivity index (χ3n) is 3.81. The number of nitrogens with two attached hydrogens (primary N) is 1. The molecule has 0 aliphatic carbocycles. The van der Waals surface area contributed by atoms with Crippen LogP contribution in [0.1, 0.15) is 32.6 Å². The summed E-state index contributed by atoms with van der Waals surface area (Å²) in [6.07, 6.45) is 1.83. The molecule has 1 amide bonds. The average molecular weight is 286 g/mol. The van der Waals surface area contributed by atoms with Gasteiger partial charge in [-0.2, -0.15) is 0 Å². The minimum Gasteiger partial charge on any atom is -0.398 e. The van der Waals surface area contributed by atoms with Crippen LogP contribution in [-0.4, -0.2) is 17.4 Å². The van der Waals surface area contributed by atoms with Crippen LogP contribution in [0.15, 0.2) is 30.3 Å². The Hall–Kier alpha value is -1.81. The van der Waals surface area contributed by atoms with Gasteiger partial charge in [0.15, 0.2) is 0 Å². The minimum atomic E-state index is 0.141. The maximum Gasteiger partial charge on any atom is 0.264 e. The van der Waals surface area contributed by atoms with Crippen molar-refractivity contribution in [1.82, 2.24) is 4.90 Å². The van der Waals surface area contributed by atoms with E-state index in [9.17, 15) is 4.79 Å². The topological polar surface area (TPSA) is 46.3 Å². The van der Waals surface area contributed by atoms with Gasteiger partial charge < -0.3 is 10.6 Å². The number of carbonyl (C=O) groups is 1. The molecule has 1 aromatic carbocycles. The molecule has 1 aliphatic rings. The molecule has 0 spiro atoms. The Kier molecular flexibility index (Phi) is 3.49. The van der Waals surface area contributed by atoms with Gasteiger partial charge in [-0.25, -0.2) is 0 Å². The number of hydrogen-bond donors (Lipinski definition) is 1. The fourth-order valence-electron chi connectivity index (χ4n) is 2.65. The molecular weight excluding hydrogens is 268 g/mol. The highest BCUT2D eigenvalue weighted by Crippen LogP contribution is 2.26. The van der Waals surface area contributed by atoms with Gasteiger partial charge in [0.25, 0.3) is 5.91 Å². The second-order valence-corrected chi connectivity index (χ2v) is 6.25. The fraction of sp³-hybridized carbons (Fsp3) is 0.312. The molecule has 0 saturated heterocycles. The Labute approximate surface area is 123 Å². The summed E-state index contributed by atoms with van der Waals surface area (Å²) in [7, 11) is 0. The number of nitrogens with zero attached hydrogens (tertiary/aromatic N) is 1. The molecule has 0 fully saturated rings. The number of rotatable bonds is 2. The van der Waals surface area contributed by atoms with Gasteiger partial charge in [-0.1, -0.05) is 19.1 Å². The Bertz CT molecular complexity index is 648. The zero-order valence-electron chi connectivity index (χ0n) is 11.6. The van der Waals surface area contributed by atoms with E-state index in [0.29, 0.717) is 6.54 Å². The van der Waals surface area contributed by atoms with Gasteiger partial charge in [0.2, 0.25) is 0 Å². The number of aryl methyl sites for hydroxylation is 1. The maximum atomic E-state index is 12.5. The first-order valence-electron chi connectivity index (χ1n) is 6.93. The van der Waals surface area contributed by atoms with Crippen molar-refractivity contribution in [1.29, 1.82) is 0 Å². The molecule has 104 valence electrons. The minimum absolute atomic E-state index is 0.141. The zero-order valence-corrected chi connectivity index (χ0v) is 12.4. The predicted octanol–water partition coefficient (Wildman–Crippen LogP) is 3.09. The number of carbonyl (C=O) groups excluding carboxylic acids is 1. The summed E-state index contributed by atoms with van der Waals surface area (Å²) >= 11 is 1.60. The smallest absolute Gasteiger partial charge is 0.264 e. The number of amides is 1. The van der Waals surface area contributed by atoms with Crippen LogP contribution in [0.25, 0.3) is 0 Å². The van der Waals surface area contributed by atoms with Gasteiger partial charge in [0, 0.05) is 23.7 Å². The van der Waals surface area contributed by atoms with Crippen LogP contribution in [0.5, 0.6) is 0 Å². The van der Waals surface area contributed by atoms with E-state index in [0.717, 1.165) is 30.0 Å². The number of hydrogen-bond acceptors (Lipinski definition) is 3. The largest absolute Gasteiger partial charge is 0.398 e. The van der Waals surface area contributed by atoms with E-state index in [-0.39, 0.29) is 5.91 Å². The summed E-state index contributed by atoms with van der Waals surface area (Å²) in [5, 5.41) is 0. The first-order valence-corrected chi connectivity index (χ1v) is 7.75. The van der Waals surface area contributed by atoms with E-state index in [4.69, 9.17) is 5.73 Å². The molecule has 0 saturated carbocycles. The van der Waals surface area contributed by atoms with Crippen LogP contribution in [0.3, 0.4) is 0 Å². The molecule has 0 radical (unpaired) electrons. The second-order valence-electron chi connectivity index (χ2n) is 5.08. The molecule has 2 heterocycles. The van der Waals surface area contributed by atoms with Crippen LogP contribution in [0.2, 0.25) is 0 Å². The van der Waals surface area contributed by atoms with Crippen molar-refractivity contribution in [2.75, 3.05) is 12.3 Å². The third-order valence-corrected chi connectivity index (χ3v) is 5.03. The first kappa shape index (κ1) is 13.2. The van der Waals surface area contributed by atoms with E-state index >= 15 is 0 Å². The van der Waals surface area contributed by atoms with E-state index in [1.165, 1.54) is 16.0 Å². The Morgan fingerprint density at radius 2 is 2.20 bits per heavy atom. The SMILES string of the molecule is CCc1ccc(C(=O)N2CCc3c(N)cccc3C2)s1. The monoisotopic (exact) mass is 286 g/mol. The lowest BCUT2D eigenvalue weighted by Crippen LogP contribution is -2.35. The number of fused-ring (bicyclic) bond motifs is 1. The van der Waals surface area contributed by atoms with Crippen LogP contribution >= 0.6 is 11.3 Å². The van der Waals surface area contributed by atoms with Crippen molar-refractivity contribution in [2.24, 2.45) is 0 Å². The molecular formula is C16H18N2OS. The van der Waals surface area contributed by atoms with Gasteiger partial charge in [-0.15, -0.1) is 11.3 Å². The first-order chi connectivity index (χ1) is 9.69. The Morgan fingerprint density at radius 3 is 2.95 bits per heavy atom. The van der Waals surface area contributed by atoms with Crippen molar-refractivity contribution >= 4 is 22.9 Å². The lowest BCUT2D eigenvalue weighted by molar-refractivity contribution is 0.0740. The van der Waals surface area contributed by atoms with Crippen molar-refractivity contribution in [3.05, 3.63) is 51.2 Å². The lowest BCUT2D eigenvalue weighted by atomic mass is 9.98. The predicted molar refractivity (Wildman–Crippen MR) is 83.0 cm³/mol. The molecule has 0 unspecified atom stereocenters. The molecule has 1 aromatic heterocycles. The number of nitrogen functional groups attached to an aromatic ring is 1. The van der Waals surface area contributed by atoms with Gasteiger partial charge in [0.1, 0.15) is 0 Å². The van der Waals surface area contributed by atoms with Crippen LogP contribution in [-0.2, 0) is 19.4 Å². The van der Waals surface area contributed by atoms with Crippen LogP contribution in [0, 0.1) is 0 Å². The van der Waals surface area contributed by atoms with Gasteiger partial charge in [-0.3, -0.25) is 4.79 Å². The quantitative estimate of drug-likeness (QED) is 0.862. The van der Waals surface area contributed by atoms with Crippen LogP contribution < -0.4 is 5.73 Å². The highest BCUT2D eigenvalue weighted by Gasteiger charge is 2.23. The molecule has 0 atom stereocenters. The molecule has 3 rings (SSSR count). The number of anilines is 1. The van der Waals surface area contributed by atoms with Gasteiger partial charge >= 0.3 is 0 Å². The highest BCUT2D eigenvalue weighted by molar-refractivity contribution is 7.14. The molecule has 1 aliphatic heterocycles. The van der Waals surface area contributed by atoms with Crippen molar-refractivity contribution in [3.63, 3.8) is 0 Å². The molecule has 2 N–H and O–H groups in total. The summed E-state index contributed by atoms with van der Waals surface area (Å²) in [5.41, 5.74) is 9.22. The Balaban J connectivity index is 1.81. The highest BCUT2D eigenvalue weighted by atomic mass is 32.1. The lowest BCUT2D eigenvalue weighted by Gasteiger charge is -2.29. The molecule has 4 heteroatoms. The Morgan fingerprint density at radius 1 is 1.35 bits per heavy atom. The maximum absolute atomic E-state index is 12.5. The summed E-state index contributed by atoms with van der Waals surface area (Å²) in [4.78, 5) is 16.6. The number of benzene rings is 1. The summed E-state index contributed by atoms with van der Waals surface area (Å²) < 4.78 is 0. The molecule has 3 nitrogen and oxygen atoms in total. The fourth-order valence-corrected chi connectivity index (χ4v) is 3.57. The summed E-state index contributed by atoms with van der Waals surface area (Å²) in [5.74, 6) is 0.141. The molecule has 2 aromatic rings. The van der Waals surface area contributed by atoms with E-state index in [1.807, 2.05) is 29.2 Å². The average Bonchev–Trinajstić information content (AvgIpc) is 2.95. The summed E-state index contributed by atoms with van der Waals surface area (Å²) in [6, 6.07) is 9.96. The second kappa shape index (κ2) is 5.29. The van der Waals surface area contributed by atoms with E-state index in [2.05, 4.69) is 13.0 Å².